The highest BCUT2D eigenvalue weighted by Gasteiger charge is 2.33. The molecule has 0 saturated carbocycles. The second-order valence-corrected chi connectivity index (χ2v) is 8.72. The maximum Gasteiger partial charge on any atom is 0.173 e. The molecule has 2 aliphatic rings. The Bertz CT molecular complexity index is 1060. The van der Waals surface area contributed by atoms with Crippen molar-refractivity contribution in [3.05, 3.63) is 59.9 Å². The Balaban J connectivity index is 1.46. The highest BCUT2D eigenvalue weighted by Crippen LogP contribution is 2.37. The van der Waals surface area contributed by atoms with Gasteiger partial charge in [-0.05, 0) is 47.5 Å². The molecule has 2 fully saturated rings. The lowest BCUT2D eigenvalue weighted by Crippen LogP contribution is -2.48. The summed E-state index contributed by atoms with van der Waals surface area (Å²) < 4.78 is 19.0. The van der Waals surface area contributed by atoms with Crippen LogP contribution < -0.4 is 14.4 Å². The lowest BCUT2D eigenvalue weighted by atomic mass is 10.0. The van der Waals surface area contributed by atoms with Gasteiger partial charge in [-0.3, -0.25) is 4.90 Å². The molecule has 2 aliphatic heterocycles. The van der Waals surface area contributed by atoms with Crippen LogP contribution in [-0.2, 0) is 11.3 Å². The van der Waals surface area contributed by atoms with E-state index in [-0.39, 0.29) is 12.1 Å². The van der Waals surface area contributed by atoms with Crippen LogP contribution in [0, 0.1) is 0 Å². The maximum atomic E-state index is 5.87. The molecule has 2 saturated heterocycles. The van der Waals surface area contributed by atoms with Gasteiger partial charge in [-0.1, -0.05) is 18.2 Å². The lowest BCUT2D eigenvalue weighted by Gasteiger charge is -2.40. The summed E-state index contributed by atoms with van der Waals surface area (Å²) in [6.07, 6.45) is 2.26. The predicted octanol–water partition coefficient (Wildman–Crippen LogP) is 2.78. The number of aromatic nitrogens is 4. The van der Waals surface area contributed by atoms with Gasteiger partial charge in [-0.15, -0.1) is 5.10 Å². The fourth-order valence-corrected chi connectivity index (χ4v) is 4.94. The van der Waals surface area contributed by atoms with Gasteiger partial charge >= 0.3 is 0 Å². The summed E-state index contributed by atoms with van der Waals surface area (Å²) in [5, 5.41) is 12.9. The molecule has 0 amide bonds. The fraction of sp³-hybridized carbons (Fsp3) is 0.480. The van der Waals surface area contributed by atoms with Crippen molar-refractivity contribution in [3.63, 3.8) is 0 Å². The summed E-state index contributed by atoms with van der Waals surface area (Å²) >= 11 is 0. The van der Waals surface area contributed by atoms with Crippen LogP contribution >= 0.6 is 0 Å². The van der Waals surface area contributed by atoms with Crippen LogP contribution in [0.3, 0.4) is 0 Å². The van der Waals surface area contributed by atoms with E-state index in [1.54, 1.807) is 14.2 Å². The number of rotatable bonds is 8. The number of para-hydroxylation sites is 1. The molecule has 3 heterocycles. The first-order chi connectivity index (χ1) is 16.8. The van der Waals surface area contributed by atoms with E-state index in [1.165, 1.54) is 5.69 Å². The molecule has 2 atom stereocenters. The van der Waals surface area contributed by atoms with Crippen LogP contribution in [0.2, 0.25) is 0 Å². The van der Waals surface area contributed by atoms with E-state index in [0.717, 1.165) is 68.5 Å². The number of tetrazole rings is 1. The van der Waals surface area contributed by atoms with E-state index in [2.05, 4.69) is 61.7 Å². The largest absolute Gasteiger partial charge is 0.497 e. The third-order valence-electron chi connectivity index (χ3n) is 6.74. The van der Waals surface area contributed by atoms with Crippen LogP contribution in [0.25, 0.3) is 0 Å². The van der Waals surface area contributed by atoms with Gasteiger partial charge < -0.3 is 19.1 Å². The Morgan fingerprint density at radius 2 is 1.85 bits per heavy atom. The summed E-state index contributed by atoms with van der Waals surface area (Å²) in [5.41, 5.74) is 2.28. The Morgan fingerprint density at radius 3 is 2.56 bits per heavy atom. The minimum atomic E-state index is -0.143. The van der Waals surface area contributed by atoms with E-state index in [0.29, 0.717) is 6.54 Å². The topological polar surface area (TPSA) is 77.8 Å². The first-order valence-corrected chi connectivity index (χ1v) is 11.9. The van der Waals surface area contributed by atoms with Gasteiger partial charge in [0.15, 0.2) is 5.82 Å². The normalized spacial score (nSPS) is 19.8. The average Bonchev–Trinajstić information content (AvgIpc) is 3.58. The van der Waals surface area contributed by atoms with Gasteiger partial charge in [0.2, 0.25) is 0 Å². The molecule has 3 aromatic rings. The number of methoxy groups -OCH3 is 2. The Morgan fingerprint density at radius 1 is 1.03 bits per heavy atom. The molecule has 34 heavy (non-hydrogen) atoms. The van der Waals surface area contributed by atoms with E-state index in [9.17, 15) is 0 Å². The number of benzene rings is 2. The zero-order valence-corrected chi connectivity index (χ0v) is 19.8. The molecule has 0 spiro atoms. The molecule has 0 aliphatic carbocycles. The number of ether oxygens (including phenoxy) is 3. The fourth-order valence-electron chi connectivity index (χ4n) is 4.94. The standard InChI is InChI=1S/C25H32N6O3/c1-32-20-10-11-22(23(17-20)33-2)24(25-26-27-28-31(25)18-21-9-6-16-34-21)30-14-12-29(13-15-30)19-7-4-3-5-8-19/h3-5,7-8,10-11,17,21,24H,6,9,12-16,18H2,1-2H3/t21-,24+/m1/s1. The van der Waals surface area contributed by atoms with Crippen LogP contribution in [-0.4, -0.2) is 78.2 Å². The maximum absolute atomic E-state index is 5.87. The van der Waals surface area contributed by atoms with Crippen molar-refractivity contribution < 1.29 is 14.2 Å². The SMILES string of the molecule is COc1ccc([C@@H](c2nnnn2C[C@H]2CCCO2)N2CCN(c3ccccc3)CC2)c(OC)c1. The van der Waals surface area contributed by atoms with E-state index in [1.807, 2.05) is 16.8 Å². The van der Waals surface area contributed by atoms with E-state index >= 15 is 0 Å². The lowest BCUT2D eigenvalue weighted by molar-refractivity contribution is 0.0906. The van der Waals surface area contributed by atoms with Crippen molar-refractivity contribution in [2.24, 2.45) is 0 Å². The van der Waals surface area contributed by atoms with Crippen molar-refractivity contribution in [3.8, 4) is 11.5 Å². The third kappa shape index (κ3) is 4.71. The van der Waals surface area contributed by atoms with Crippen LogP contribution in [0.4, 0.5) is 5.69 Å². The molecule has 180 valence electrons. The monoisotopic (exact) mass is 464 g/mol. The quantitative estimate of drug-likeness (QED) is 0.504. The van der Waals surface area contributed by atoms with Crippen molar-refractivity contribution in [1.82, 2.24) is 25.1 Å². The molecule has 1 aromatic heterocycles. The molecule has 2 aromatic carbocycles. The third-order valence-corrected chi connectivity index (χ3v) is 6.74. The Labute approximate surface area is 200 Å². The minimum absolute atomic E-state index is 0.143. The highest BCUT2D eigenvalue weighted by molar-refractivity contribution is 5.47. The molecule has 5 rings (SSSR count). The van der Waals surface area contributed by atoms with Crippen LogP contribution in [0.1, 0.15) is 30.3 Å². The molecule has 0 radical (unpaired) electrons. The smallest absolute Gasteiger partial charge is 0.173 e. The second-order valence-electron chi connectivity index (χ2n) is 8.72. The average molecular weight is 465 g/mol. The van der Waals surface area contributed by atoms with Gasteiger partial charge in [0.05, 0.1) is 26.9 Å². The number of nitrogens with zero attached hydrogens (tertiary/aromatic N) is 6. The summed E-state index contributed by atoms with van der Waals surface area (Å²) in [6.45, 7) is 5.06. The number of piperazine rings is 1. The molecular weight excluding hydrogens is 432 g/mol. The Kier molecular flexibility index (Phi) is 6.92. The van der Waals surface area contributed by atoms with Crippen LogP contribution in [0.15, 0.2) is 48.5 Å². The van der Waals surface area contributed by atoms with Gasteiger partial charge in [-0.25, -0.2) is 4.68 Å². The van der Waals surface area contributed by atoms with Gasteiger partial charge in [0.1, 0.15) is 17.5 Å². The van der Waals surface area contributed by atoms with E-state index < -0.39 is 0 Å². The van der Waals surface area contributed by atoms with E-state index in [4.69, 9.17) is 14.2 Å². The molecule has 9 nitrogen and oxygen atoms in total. The predicted molar refractivity (Wildman–Crippen MR) is 128 cm³/mol. The first-order valence-electron chi connectivity index (χ1n) is 11.9. The number of hydrogen-bond donors (Lipinski definition) is 0. The zero-order chi connectivity index (χ0) is 23.3. The summed E-state index contributed by atoms with van der Waals surface area (Å²) in [4.78, 5) is 4.87. The first kappa shape index (κ1) is 22.6. The van der Waals surface area contributed by atoms with Crippen molar-refractivity contribution >= 4 is 5.69 Å². The van der Waals surface area contributed by atoms with Gasteiger partial charge in [-0.2, -0.15) is 0 Å². The van der Waals surface area contributed by atoms with Crippen molar-refractivity contribution in [2.75, 3.05) is 51.9 Å². The molecule has 9 heteroatoms. The second kappa shape index (κ2) is 10.4. The summed E-state index contributed by atoms with van der Waals surface area (Å²) in [5.74, 6) is 2.33. The molecular formula is C25H32N6O3. The van der Waals surface area contributed by atoms with Gasteiger partial charge in [0.25, 0.3) is 0 Å². The number of anilines is 1. The Hall–Kier alpha value is -3.17. The van der Waals surface area contributed by atoms with Crippen LogP contribution in [0.5, 0.6) is 11.5 Å². The highest BCUT2D eigenvalue weighted by atomic mass is 16.5. The zero-order valence-electron chi connectivity index (χ0n) is 19.8. The van der Waals surface area contributed by atoms with Crippen molar-refractivity contribution in [2.45, 2.75) is 31.5 Å². The molecule has 0 unspecified atom stereocenters. The van der Waals surface area contributed by atoms with Crippen molar-refractivity contribution in [1.29, 1.82) is 0 Å². The number of hydrogen-bond acceptors (Lipinski definition) is 8. The minimum Gasteiger partial charge on any atom is -0.497 e. The summed E-state index contributed by atoms with van der Waals surface area (Å²) in [7, 11) is 3.36. The molecule has 0 bridgehead atoms. The van der Waals surface area contributed by atoms with Gasteiger partial charge in [0, 0.05) is 50.1 Å². The summed E-state index contributed by atoms with van der Waals surface area (Å²) in [6, 6.07) is 16.4. The molecule has 0 N–H and O–H groups in total.